The molecule has 1 heterocycles. The summed E-state index contributed by atoms with van der Waals surface area (Å²) in [7, 11) is -2.96. The molecule has 0 radical (unpaired) electrons. The first-order chi connectivity index (χ1) is 8.89. The highest BCUT2D eigenvalue weighted by atomic mass is 32.2. The number of unbranched alkanes of at least 4 members (excludes halogenated alkanes) is 1. The summed E-state index contributed by atoms with van der Waals surface area (Å²) in [6.07, 6.45) is 3.54. The van der Waals surface area contributed by atoms with E-state index in [1.165, 1.54) is 6.42 Å². The van der Waals surface area contributed by atoms with E-state index in [0.29, 0.717) is 19.0 Å². The molecule has 1 aliphatic heterocycles. The third-order valence-corrected chi connectivity index (χ3v) is 5.00. The van der Waals surface area contributed by atoms with Gasteiger partial charge in [-0.25, -0.2) is 8.42 Å². The maximum absolute atomic E-state index is 11.7. The van der Waals surface area contributed by atoms with Gasteiger partial charge in [0, 0.05) is 25.6 Å². The van der Waals surface area contributed by atoms with Crippen LogP contribution >= 0.6 is 0 Å². The van der Waals surface area contributed by atoms with Crippen molar-refractivity contribution < 1.29 is 13.2 Å². The maximum atomic E-state index is 11.7. The SMILES string of the molecule is CC(C)CCCCNC(=O)CC1CS(=O)(=O)CCN1. The fourth-order valence-electron chi connectivity index (χ4n) is 2.20. The monoisotopic (exact) mass is 290 g/mol. The van der Waals surface area contributed by atoms with Crippen LogP contribution in [-0.2, 0) is 14.6 Å². The van der Waals surface area contributed by atoms with Crippen LogP contribution in [0.25, 0.3) is 0 Å². The molecule has 1 atom stereocenters. The summed E-state index contributed by atoms with van der Waals surface area (Å²) in [4.78, 5) is 11.7. The van der Waals surface area contributed by atoms with Crippen molar-refractivity contribution in [1.29, 1.82) is 0 Å². The van der Waals surface area contributed by atoms with Gasteiger partial charge in [-0.15, -0.1) is 0 Å². The molecule has 0 spiro atoms. The minimum atomic E-state index is -2.96. The zero-order chi connectivity index (χ0) is 14.3. The smallest absolute Gasteiger partial charge is 0.221 e. The Balaban J connectivity index is 2.14. The number of nitrogens with one attached hydrogen (secondary N) is 2. The van der Waals surface area contributed by atoms with Crippen molar-refractivity contribution in [1.82, 2.24) is 10.6 Å². The Labute approximate surface area is 116 Å². The number of amides is 1. The molecule has 0 saturated carbocycles. The summed E-state index contributed by atoms with van der Waals surface area (Å²) in [5.41, 5.74) is 0. The van der Waals surface area contributed by atoms with Gasteiger partial charge in [0.1, 0.15) is 0 Å². The number of carbonyl (C=O) groups excluding carboxylic acids is 1. The molecule has 6 heteroatoms. The number of carbonyl (C=O) groups is 1. The fourth-order valence-corrected chi connectivity index (χ4v) is 3.64. The Bertz CT molecular complexity index is 379. The molecular formula is C13H26N2O3S. The van der Waals surface area contributed by atoms with Gasteiger partial charge in [0.15, 0.2) is 9.84 Å². The first-order valence-electron chi connectivity index (χ1n) is 7.09. The van der Waals surface area contributed by atoms with Gasteiger partial charge in [-0.3, -0.25) is 4.79 Å². The quantitative estimate of drug-likeness (QED) is 0.677. The first kappa shape index (κ1) is 16.4. The third-order valence-electron chi connectivity index (χ3n) is 3.26. The van der Waals surface area contributed by atoms with E-state index < -0.39 is 9.84 Å². The van der Waals surface area contributed by atoms with E-state index >= 15 is 0 Å². The van der Waals surface area contributed by atoms with E-state index in [2.05, 4.69) is 24.5 Å². The molecule has 112 valence electrons. The van der Waals surface area contributed by atoms with E-state index in [-0.39, 0.29) is 29.9 Å². The van der Waals surface area contributed by atoms with E-state index in [9.17, 15) is 13.2 Å². The topological polar surface area (TPSA) is 75.3 Å². The molecule has 0 aliphatic carbocycles. The second-order valence-electron chi connectivity index (χ2n) is 5.71. The first-order valence-corrected chi connectivity index (χ1v) is 8.91. The van der Waals surface area contributed by atoms with Gasteiger partial charge in [-0.1, -0.05) is 26.7 Å². The number of sulfone groups is 1. The standard InChI is InChI=1S/C13H26N2O3S/c1-11(2)5-3-4-6-15-13(16)9-12-10-19(17,18)8-7-14-12/h11-12,14H,3-10H2,1-2H3,(H,15,16). The summed E-state index contributed by atoms with van der Waals surface area (Å²) >= 11 is 0. The Hall–Kier alpha value is -0.620. The molecule has 0 bridgehead atoms. The van der Waals surface area contributed by atoms with Crippen LogP contribution in [0.5, 0.6) is 0 Å². The molecule has 1 amide bonds. The van der Waals surface area contributed by atoms with Gasteiger partial charge in [0.05, 0.1) is 11.5 Å². The highest BCUT2D eigenvalue weighted by Gasteiger charge is 2.25. The van der Waals surface area contributed by atoms with Crippen LogP contribution in [0.15, 0.2) is 0 Å². The summed E-state index contributed by atoms with van der Waals surface area (Å²) in [5, 5.41) is 5.94. The van der Waals surface area contributed by atoms with Crippen LogP contribution < -0.4 is 10.6 Å². The summed E-state index contributed by atoms with van der Waals surface area (Å²) in [6.45, 7) is 5.52. The lowest BCUT2D eigenvalue weighted by Crippen LogP contribution is -2.47. The van der Waals surface area contributed by atoms with Gasteiger partial charge in [-0.2, -0.15) is 0 Å². The molecule has 1 saturated heterocycles. The number of hydrogen-bond donors (Lipinski definition) is 2. The van der Waals surface area contributed by atoms with E-state index in [4.69, 9.17) is 0 Å². The molecule has 0 aromatic heterocycles. The molecule has 1 rings (SSSR count). The zero-order valence-corrected chi connectivity index (χ0v) is 12.8. The lowest BCUT2D eigenvalue weighted by molar-refractivity contribution is -0.121. The van der Waals surface area contributed by atoms with Gasteiger partial charge in [0.2, 0.25) is 5.91 Å². The van der Waals surface area contributed by atoms with Crippen molar-refractivity contribution in [3.8, 4) is 0 Å². The minimum absolute atomic E-state index is 0.0563. The highest BCUT2D eigenvalue weighted by molar-refractivity contribution is 7.91. The molecule has 5 nitrogen and oxygen atoms in total. The minimum Gasteiger partial charge on any atom is -0.356 e. The van der Waals surface area contributed by atoms with Crippen LogP contribution in [0.4, 0.5) is 0 Å². The third kappa shape index (κ3) is 7.52. The molecule has 0 aromatic carbocycles. The molecule has 1 fully saturated rings. The second kappa shape index (κ2) is 7.85. The van der Waals surface area contributed by atoms with Crippen LogP contribution in [0.2, 0.25) is 0 Å². The average Bonchev–Trinajstić information content (AvgIpc) is 2.26. The molecule has 1 unspecified atom stereocenters. The highest BCUT2D eigenvalue weighted by Crippen LogP contribution is 2.06. The van der Waals surface area contributed by atoms with Crippen LogP contribution in [0, 0.1) is 5.92 Å². The second-order valence-corrected chi connectivity index (χ2v) is 7.94. The van der Waals surface area contributed by atoms with Crippen molar-refractivity contribution in [2.75, 3.05) is 24.6 Å². The van der Waals surface area contributed by atoms with Crippen molar-refractivity contribution in [3.63, 3.8) is 0 Å². The maximum Gasteiger partial charge on any atom is 0.221 e. The van der Waals surface area contributed by atoms with Crippen molar-refractivity contribution in [2.24, 2.45) is 5.92 Å². The largest absolute Gasteiger partial charge is 0.356 e. The Morgan fingerprint density at radius 3 is 2.74 bits per heavy atom. The van der Waals surface area contributed by atoms with Crippen LogP contribution in [-0.4, -0.2) is 45.0 Å². The Morgan fingerprint density at radius 1 is 1.37 bits per heavy atom. The lowest BCUT2D eigenvalue weighted by Gasteiger charge is -2.23. The van der Waals surface area contributed by atoms with E-state index in [1.54, 1.807) is 0 Å². The number of hydrogen-bond acceptors (Lipinski definition) is 4. The van der Waals surface area contributed by atoms with Crippen molar-refractivity contribution >= 4 is 15.7 Å². The predicted molar refractivity (Wildman–Crippen MR) is 76.8 cm³/mol. The summed E-state index contributed by atoms with van der Waals surface area (Å²) < 4.78 is 22.9. The predicted octanol–water partition coefficient (Wildman–Crippen LogP) is 0.706. The van der Waals surface area contributed by atoms with Gasteiger partial charge in [0.25, 0.3) is 0 Å². The zero-order valence-electron chi connectivity index (χ0n) is 11.9. The normalized spacial score (nSPS) is 22.4. The summed E-state index contributed by atoms with van der Waals surface area (Å²) in [6, 6.07) is -0.227. The molecule has 1 aliphatic rings. The van der Waals surface area contributed by atoms with Gasteiger partial charge >= 0.3 is 0 Å². The molecule has 19 heavy (non-hydrogen) atoms. The lowest BCUT2D eigenvalue weighted by atomic mass is 10.1. The Morgan fingerprint density at radius 2 is 2.11 bits per heavy atom. The Kier molecular flexibility index (Phi) is 6.79. The van der Waals surface area contributed by atoms with Crippen LogP contribution in [0.1, 0.15) is 39.5 Å². The number of rotatable bonds is 7. The van der Waals surface area contributed by atoms with Crippen LogP contribution in [0.3, 0.4) is 0 Å². The molecule has 0 aromatic rings. The van der Waals surface area contributed by atoms with Crippen molar-refractivity contribution in [2.45, 2.75) is 45.6 Å². The van der Waals surface area contributed by atoms with Gasteiger partial charge < -0.3 is 10.6 Å². The molecular weight excluding hydrogens is 264 g/mol. The molecule has 2 N–H and O–H groups in total. The van der Waals surface area contributed by atoms with Gasteiger partial charge in [-0.05, 0) is 12.3 Å². The van der Waals surface area contributed by atoms with Crippen molar-refractivity contribution in [3.05, 3.63) is 0 Å². The summed E-state index contributed by atoms with van der Waals surface area (Å²) in [5.74, 6) is 0.903. The average molecular weight is 290 g/mol. The fraction of sp³-hybridized carbons (Fsp3) is 0.923. The van der Waals surface area contributed by atoms with E-state index in [1.807, 2.05) is 0 Å². The van der Waals surface area contributed by atoms with E-state index in [0.717, 1.165) is 12.8 Å².